The van der Waals surface area contributed by atoms with Crippen molar-refractivity contribution in [2.45, 2.75) is 13.8 Å². The number of rotatable bonds is 4. The number of halogens is 1. The maximum Gasteiger partial charge on any atom is 0.343 e. The van der Waals surface area contributed by atoms with Gasteiger partial charge in [0, 0.05) is 11.3 Å². The van der Waals surface area contributed by atoms with Gasteiger partial charge >= 0.3 is 5.97 Å². The Labute approximate surface area is 143 Å². The van der Waals surface area contributed by atoms with Crippen LogP contribution in [-0.2, 0) is 4.74 Å². The third-order valence-corrected chi connectivity index (χ3v) is 3.73. The van der Waals surface area contributed by atoms with Crippen LogP contribution in [0.25, 0.3) is 11.6 Å². The van der Waals surface area contributed by atoms with E-state index in [9.17, 15) is 14.3 Å². The third-order valence-electron chi connectivity index (χ3n) is 3.73. The molecule has 0 amide bonds. The zero-order valence-electron chi connectivity index (χ0n) is 13.7. The molecule has 0 fully saturated rings. The number of aromatic amines is 1. The fraction of sp³-hybridized carbons (Fsp3) is 0.167. The molecule has 25 heavy (non-hydrogen) atoms. The highest BCUT2D eigenvalue weighted by Gasteiger charge is 2.22. The summed E-state index contributed by atoms with van der Waals surface area (Å²) in [7, 11) is 0. The summed E-state index contributed by atoms with van der Waals surface area (Å²) in [4.78, 5) is 14.9. The summed E-state index contributed by atoms with van der Waals surface area (Å²) in [6, 6.07) is 5.94. The Hall–Kier alpha value is -3.22. The number of aryl methyl sites for hydroxylation is 1. The molecule has 1 aliphatic rings. The number of hydrogen-bond acceptors (Lipinski definition) is 5. The van der Waals surface area contributed by atoms with Gasteiger partial charge in [0.2, 0.25) is 0 Å². The number of ether oxygens (including phenoxy) is 1. The molecule has 7 heteroatoms. The van der Waals surface area contributed by atoms with Crippen LogP contribution in [0.3, 0.4) is 0 Å². The van der Waals surface area contributed by atoms with Gasteiger partial charge in [0.15, 0.2) is 5.75 Å². The first-order chi connectivity index (χ1) is 12.0. The van der Waals surface area contributed by atoms with E-state index in [1.54, 1.807) is 38.3 Å². The minimum Gasteiger partial charge on any atom is -0.505 e. The van der Waals surface area contributed by atoms with Crippen molar-refractivity contribution in [1.82, 2.24) is 4.98 Å². The number of H-pyrrole nitrogens is 1. The summed E-state index contributed by atoms with van der Waals surface area (Å²) in [5.41, 5.74) is 2.82. The van der Waals surface area contributed by atoms with Crippen LogP contribution < -0.4 is 0 Å². The van der Waals surface area contributed by atoms with Crippen LogP contribution in [0.4, 0.5) is 4.39 Å². The monoisotopic (exact) mass is 341 g/mol. The summed E-state index contributed by atoms with van der Waals surface area (Å²) in [6.45, 7) is 3.57. The summed E-state index contributed by atoms with van der Waals surface area (Å²) in [6.07, 6.45) is 3.13. The molecule has 0 aliphatic carbocycles. The molecule has 1 aliphatic heterocycles. The van der Waals surface area contributed by atoms with Crippen LogP contribution in [-0.4, -0.2) is 22.7 Å². The van der Waals surface area contributed by atoms with Gasteiger partial charge < -0.3 is 14.8 Å². The number of aromatic nitrogens is 1. The number of aromatic hydroxyl groups is 1. The van der Waals surface area contributed by atoms with Gasteiger partial charge in [0.1, 0.15) is 11.4 Å². The van der Waals surface area contributed by atoms with E-state index in [1.165, 1.54) is 12.1 Å². The van der Waals surface area contributed by atoms with Gasteiger partial charge in [0.05, 0.1) is 24.2 Å². The second-order valence-corrected chi connectivity index (χ2v) is 5.40. The number of azo groups is 1. The van der Waals surface area contributed by atoms with Gasteiger partial charge in [-0.3, -0.25) is 0 Å². The molecular formula is C18H16FN3O3. The molecule has 128 valence electrons. The van der Waals surface area contributed by atoms with E-state index in [4.69, 9.17) is 4.74 Å². The minimum absolute atomic E-state index is 0.0935. The normalized spacial score (nSPS) is 14.8. The van der Waals surface area contributed by atoms with Gasteiger partial charge in [-0.2, -0.15) is 10.2 Å². The van der Waals surface area contributed by atoms with E-state index in [0.29, 0.717) is 22.7 Å². The van der Waals surface area contributed by atoms with Gasteiger partial charge in [-0.1, -0.05) is 12.1 Å². The molecule has 0 saturated carbocycles. The minimum atomic E-state index is -0.597. The SMILES string of the molecule is CCOC(=O)c1c(C)[nH]c(C=C2N=NC=C2c2ccc(F)cc2)c1O. The van der Waals surface area contributed by atoms with Crippen molar-refractivity contribution in [3.8, 4) is 5.75 Å². The van der Waals surface area contributed by atoms with Crippen molar-refractivity contribution in [2.75, 3.05) is 6.61 Å². The molecule has 2 heterocycles. The lowest BCUT2D eigenvalue weighted by atomic mass is 10.0. The van der Waals surface area contributed by atoms with Crippen LogP contribution in [0.5, 0.6) is 5.75 Å². The zero-order chi connectivity index (χ0) is 18.0. The fourth-order valence-electron chi connectivity index (χ4n) is 2.56. The zero-order valence-corrected chi connectivity index (χ0v) is 13.7. The molecule has 0 atom stereocenters. The highest BCUT2D eigenvalue weighted by atomic mass is 19.1. The average Bonchev–Trinajstić information content (AvgIpc) is 3.14. The first-order valence-electron chi connectivity index (χ1n) is 7.69. The third kappa shape index (κ3) is 3.21. The standard InChI is InChI=1S/C18H16FN3O3/c1-3-25-18(24)16-10(2)21-15(17(16)23)8-14-13(9-20-22-14)11-4-6-12(19)7-5-11/h4-9,21,23H,3H2,1-2H3. The first kappa shape index (κ1) is 16.6. The van der Waals surface area contributed by atoms with E-state index in [1.807, 2.05) is 0 Å². The van der Waals surface area contributed by atoms with Crippen molar-refractivity contribution in [3.63, 3.8) is 0 Å². The quantitative estimate of drug-likeness (QED) is 0.817. The molecule has 1 aromatic heterocycles. The molecular weight excluding hydrogens is 325 g/mol. The van der Waals surface area contributed by atoms with Crippen LogP contribution in [0.2, 0.25) is 0 Å². The Morgan fingerprint density at radius 2 is 2.08 bits per heavy atom. The molecule has 0 bridgehead atoms. The highest BCUT2D eigenvalue weighted by molar-refractivity contribution is 5.96. The summed E-state index contributed by atoms with van der Waals surface area (Å²) in [5, 5.41) is 18.2. The van der Waals surface area contributed by atoms with E-state index in [0.717, 1.165) is 5.56 Å². The van der Waals surface area contributed by atoms with Crippen molar-refractivity contribution in [3.05, 3.63) is 64.5 Å². The smallest absolute Gasteiger partial charge is 0.343 e. The highest BCUT2D eigenvalue weighted by Crippen LogP contribution is 2.34. The Kier molecular flexibility index (Phi) is 4.47. The molecule has 0 saturated heterocycles. The summed E-state index contributed by atoms with van der Waals surface area (Å²) in [5.74, 6) is -1.14. The fourth-order valence-corrected chi connectivity index (χ4v) is 2.56. The summed E-state index contributed by atoms with van der Waals surface area (Å²) < 4.78 is 18.0. The number of allylic oxidation sites excluding steroid dienone is 1. The number of esters is 1. The summed E-state index contributed by atoms with van der Waals surface area (Å²) >= 11 is 0. The molecule has 6 nitrogen and oxygen atoms in total. The van der Waals surface area contributed by atoms with Crippen molar-refractivity contribution < 1.29 is 19.0 Å². The van der Waals surface area contributed by atoms with Crippen molar-refractivity contribution in [2.24, 2.45) is 10.2 Å². The molecule has 2 N–H and O–H groups in total. The van der Waals surface area contributed by atoms with Gasteiger partial charge in [-0.25, -0.2) is 9.18 Å². The van der Waals surface area contributed by atoms with Crippen LogP contribution in [0.15, 0.2) is 46.4 Å². The molecule has 0 spiro atoms. The van der Waals surface area contributed by atoms with E-state index in [-0.39, 0.29) is 23.7 Å². The van der Waals surface area contributed by atoms with Crippen molar-refractivity contribution in [1.29, 1.82) is 0 Å². The molecule has 1 aromatic carbocycles. The maximum absolute atomic E-state index is 13.1. The van der Waals surface area contributed by atoms with Gasteiger partial charge in [0.25, 0.3) is 0 Å². The Balaban J connectivity index is 1.96. The molecule has 2 aromatic rings. The number of carbonyl (C=O) groups is 1. The lowest BCUT2D eigenvalue weighted by Crippen LogP contribution is -2.05. The number of nitrogens with zero attached hydrogens (tertiary/aromatic N) is 2. The largest absolute Gasteiger partial charge is 0.505 e. The van der Waals surface area contributed by atoms with Crippen LogP contribution >= 0.6 is 0 Å². The average molecular weight is 341 g/mol. The number of benzene rings is 1. The lowest BCUT2D eigenvalue weighted by molar-refractivity contribution is 0.0522. The number of nitrogens with one attached hydrogen (secondary N) is 1. The van der Waals surface area contributed by atoms with E-state index >= 15 is 0 Å². The predicted molar refractivity (Wildman–Crippen MR) is 90.4 cm³/mol. The molecule has 0 radical (unpaired) electrons. The second kappa shape index (κ2) is 6.72. The topological polar surface area (TPSA) is 87.0 Å². The number of hydrogen-bond donors (Lipinski definition) is 2. The predicted octanol–water partition coefficient (Wildman–Crippen LogP) is 4.19. The van der Waals surface area contributed by atoms with Crippen LogP contribution in [0, 0.1) is 12.7 Å². The number of carbonyl (C=O) groups excluding carboxylic acids is 1. The maximum atomic E-state index is 13.1. The Morgan fingerprint density at radius 1 is 1.36 bits per heavy atom. The van der Waals surface area contributed by atoms with Crippen LogP contribution in [0.1, 0.15) is 34.2 Å². The molecule has 0 unspecified atom stereocenters. The van der Waals surface area contributed by atoms with Gasteiger partial charge in [-0.05, 0) is 37.6 Å². The van der Waals surface area contributed by atoms with E-state index in [2.05, 4.69) is 15.2 Å². The second-order valence-electron chi connectivity index (χ2n) is 5.40. The van der Waals surface area contributed by atoms with Crippen molar-refractivity contribution >= 4 is 17.6 Å². The Bertz CT molecular complexity index is 908. The lowest BCUT2D eigenvalue weighted by Gasteiger charge is -2.03. The van der Waals surface area contributed by atoms with Gasteiger partial charge in [-0.15, -0.1) is 0 Å². The Morgan fingerprint density at radius 3 is 2.76 bits per heavy atom. The van der Waals surface area contributed by atoms with E-state index < -0.39 is 5.97 Å². The molecule has 3 rings (SSSR count). The first-order valence-corrected chi connectivity index (χ1v) is 7.69.